The molecule has 1 aromatic rings. The maximum atomic E-state index is 12.2. The number of nitrogens with zero attached hydrogens (tertiary/aromatic N) is 2. The van der Waals surface area contributed by atoms with E-state index in [0.717, 1.165) is 26.2 Å². The number of sulfone groups is 1. The minimum absolute atomic E-state index is 0.207. The van der Waals surface area contributed by atoms with Gasteiger partial charge in [-0.3, -0.25) is 9.80 Å². The Kier molecular flexibility index (Phi) is 5.18. The standard InChI is InChI=1S/C15H24N2O2S/c1-14(2)17-10-8-16(9-11-17)12-13-20(18,19)15-6-4-3-5-7-15/h3-7,14H,8-13H2,1-2H3. The van der Waals surface area contributed by atoms with Gasteiger partial charge in [0.05, 0.1) is 10.6 Å². The van der Waals surface area contributed by atoms with Crippen molar-refractivity contribution in [3.63, 3.8) is 0 Å². The van der Waals surface area contributed by atoms with Gasteiger partial charge in [0.2, 0.25) is 0 Å². The molecule has 0 radical (unpaired) electrons. The smallest absolute Gasteiger partial charge is 0.179 e. The molecule has 2 rings (SSSR count). The molecular weight excluding hydrogens is 272 g/mol. The Morgan fingerprint density at radius 3 is 2.20 bits per heavy atom. The van der Waals surface area contributed by atoms with Crippen LogP contribution in [0.4, 0.5) is 0 Å². The summed E-state index contributed by atoms with van der Waals surface area (Å²) in [5.41, 5.74) is 0. The van der Waals surface area contributed by atoms with E-state index in [-0.39, 0.29) is 5.75 Å². The Labute approximate surface area is 122 Å². The third-order valence-electron chi connectivity index (χ3n) is 3.92. The minimum atomic E-state index is -3.14. The van der Waals surface area contributed by atoms with Crippen LogP contribution in [0.1, 0.15) is 13.8 Å². The van der Waals surface area contributed by atoms with Gasteiger partial charge in [0.15, 0.2) is 9.84 Å². The highest BCUT2D eigenvalue weighted by Crippen LogP contribution is 2.11. The highest BCUT2D eigenvalue weighted by Gasteiger charge is 2.21. The lowest BCUT2D eigenvalue weighted by atomic mass is 10.2. The summed E-state index contributed by atoms with van der Waals surface area (Å²) in [7, 11) is -3.14. The summed E-state index contributed by atoms with van der Waals surface area (Å²) in [6.45, 7) is 9.02. The van der Waals surface area contributed by atoms with E-state index in [4.69, 9.17) is 0 Å². The van der Waals surface area contributed by atoms with Crippen LogP contribution in [-0.4, -0.2) is 62.7 Å². The maximum absolute atomic E-state index is 12.2. The van der Waals surface area contributed by atoms with Gasteiger partial charge in [0, 0.05) is 38.8 Å². The largest absolute Gasteiger partial charge is 0.300 e. The highest BCUT2D eigenvalue weighted by atomic mass is 32.2. The van der Waals surface area contributed by atoms with E-state index in [2.05, 4.69) is 23.6 Å². The van der Waals surface area contributed by atoms with Gasteiger partial charge in [0.25, 0.3) is 0 Å². The second-order valence-electron chi connectivity index (χ2n) is 5.60. The Balaban J connectivity index is 1.85. The van der Waals surface area contributed by atoms with Gasteiger partial charge in [-0.05, 0) is 26.0 Å². The first-order valence-electron chi connectivity index (χ1n) is 7.23. The van der Waals surface area contributed by atoms with Gasteiger partial charge in [-0.1, -0.05) is 18.2 Å². The van der Waals surface area contributed by atoms with Crippen molar-refractivity contribution >= 4 is 9.84 Å². The van der Waals surface area contributed by atoms with Crippen molar-refractivity contribution in [3.05, 3.63) is 30.3 Å². The predicted octanol–water partition coefficient (Wildman–Crippen LogP) is 1.49. The van der Waals surface area contributed by atoms with E-state index in [1.54, 1.807) is 24.3 Å². The first-order chi connectivity index (χ1) is 9.49. The number of piperazine rings is 1. The molecule has 0 saturated carbocycles. The van der Waals surface area contributed by atoms with Crippen LogP contribution in [0.15, 0.2) is 35.2 Å². The van der Waals surface area contributed by atoms with Gasteiger partial charge in [0.1, 0.15) is 0 Å². The third kappa shape index (κ3) is 4.04. The summed E-state index contributed by atoms with van der Waals surface area (Å²) in [5.74, 6) is 0.207. The molecule has 0 spiro atoms. The Morgan fingerprint density at radius 2 is 1.65 bits per heavy atom. The predicted molar refractivity (Wildman–Crippen MR) is 81.6 cm³/mol. The molecule has 1 aromatic carbocycles. The lowest BCUT2D eigenvalue weighted by molar-refractivity contribution is 0.113. The SMILES string of the molecule is CC(C)N1CCN(CCS(=O)(=O)c2ccccc2)CC1. The van der Waals surface area contributed by atoms with Crippen LogP contribution in [0.2, 0.25) is 0 Å². The van der Waals surface area contributed by atoms with E-state index >= 15 is 0 Å². The van der Waals surface area contributed by atoms with Crippen LogP contribution in [0.3, 0.4) is 0 Å². The van der Waals surface area contributed by atoms with Crippen LogP contribution in [0.5, 0.6) is 0 Å². The van der Waals surface area contributed by atoms with Gasteiger partial charge < -0.3 is 0 Å². The fourth-order valence-corrected chi connectivity index (χ4v) is 3.80. The van der Waals surface area contributed by atoms with E-state index in [9.17, 15) is 8.42 Å². The molecule has 1 fully saturated rings. The van der Waals surface area contributed by atoms with E-state index in [1.807, 2.05) is 6.07 Å². The topological polar surface area (TPSA) is 40.6 Å². The van der Waals surface area contributed by atoms with Crippen molar-refractivity contribution in [2.75, 3.05) is 38.5 Å². The van der Waals surface area contributed by atoms with Crippen molar-refractivity contribution in [2.45, 2.75) is 24.8 Å². The summed E-state index contributed by atoms with van der Waals surface area (Å²) in [6, 6.07) is 9.30. The Morgan fingerprint density at radius 1 is 1.05 bits per heavy atom. The summed E-state index contributed by atoms with van der Waals surface area (Å²) < 4.78 is 24.4. The van der Waals surface area contributed by atoms with E-state index < -0.39 is 9.84 Å². The van der Waals surface area contributed by atoms with Crippen molar-refractivity contribution in [1.82, 2.24) is 9.80 Å². The molecule has 1 aliphatic heterocycles. The molecule has 0 aliphatic carbocycles. The quantitative estimate of drug-likeness (QED) is 0.825. The first kappa shape index (κ1) is 15.5. The van der Waals surface area contributed by atoms with Crippen LogP contribution in [0, 0.1) is 0 Å². The summed E-state index contributed by atoms with van der Waals surface area (Å²) in [6.07, 6.45) is 0. The fraction of sp³-hybridized carbons (Fsp3) is 0.600. The molecule has 0 amide bonds. The number of benzene rings is 1. The van der Waals surface area contributed by atoms with Crippen LogP contribution in [0.25, 0.3) is 0 Å². The third-order valence-corrected chi connectivity index (χ3v) is 5.63. The van der Waals surface area contributed by atoms with Crippen molar-refractivity contribution in [3.8, 4) is 0 Å². The molecule has 0 atom stereocenters. The summed E-state index contributed by atoms with van der Waals surface area (Å²) >= 11 is 0. The molecule has 1 aliphatic rings. The average Bonchev–Trinajstić information content (AvgIpc) is 2.46. The molecule has 4 nitrogen and oxygen atoms in total. The van der Waals surface area contributed by atoms with Gasteiger partial charge in [-0.2, -0.15) is 0 Å². The molecule has 0 bridgehead atoms. The number of hydrogen-bond donors (Lipinski definition) is 0. The van der Waals surface area contributed by atoms with Crippen LogP contribution >= 0.6 is 0 Å². The monoisotopic (exact) mass is 296 g/mol. The van der Waals surface area contributed by atoms with Crippen molar-refractivity contribution in [2.24, 2.45) is 0 Å². The summed E-state index contributed by atoms with van der Waals surface area (Å²) in [4.78, 5) is 5.11. The van der Waals surface area contributed by atoms with Gasteiger partial charge in [-0.15, -0.1) is 0 Å². The van der Waals surface area contributed by atoms with E-state index in [0.29, 0.717) is 17.5 Å². The lowest BCUT2D eigenvalue weighted by Gasteiger charge is -2.36. The zero-order valence-electron chi connectivity index (χ0n) is 12.3. The molecule has 0 aromatic heterocycles. The Hall–Kier alpha value is -0.910. The molecular formula is C15H24N2O2S. The molecule has 0 N–H and O–H groups in total. The average molecular weight is 296 g/mol. The normalized spacial score (nSPS) is 18.6. The molecule has 1 heterocycles. The van der Waals surface area contributed by atoms with E-state index in [1.165, 1.54) is 0 Å². The second kappa shape index (κ2) is 6.70. The van der Waals surface area contributed by atoms with Gasteiger partial charge in [-0.25, -0.2) is 8.42 Å². The van der Waals surface area contributed by atoms with Gasteiger partial charge >= 0.3 is 0 Å². The lowest BCUT2D eigenvalue weighted by Crippen LogP contribution is -2.49. The zero-order chi connectivity index (χ0) is 14.6. The number of hydrogen-bond acceptors (Lipinski definition) is 4. The van der Waals surface area contributed by atoms with Crippen LogP contribution in [-0.2, 0) is 9.84 Å². The van der Waals surface area contributed by atoms with Crippen molar-refractivity contribution < 1.29 is 8.42 Å². The zero-order valence-corrected chi connectivity index (χ0v) is 13.1. The Bertz CT molecular complexity index is 506. The first-order valence-corrected chi connectivity index (χ1v) is 8.88. The molecule has 20 heavy (non-hydrogen) atoms. The van der Waals surface area contributed by atoms with Crippen LogP contribution < -0.4 is 0 Å². The molecule has 5 heteroatoms. The summed E-state index contributed by atoms with van der Waals surface area (Å²) in [5, 5.41) is 0. The molecule has 0 unspecified atom stereocenters. The number of rotatable bonds is 5. The second-order valence-corrected chi connectivity index (χ2v) is 7.71. The highest BCUT2D eigenvalue weighted by molar-refractivity contribution is 7.91. The minimum Gasteiger partial charge on any atom is -0.300 e. The molecule has 112 valence electrons. The maximum Gasteiger partial charge on any atom is 0.179 e. The van der Waals surface area contributed by atoms with Crippen molar-refractivity contribution in [1.29, 1.82) is 0 Å². The molecule has 1 saturated heterocycles. The fourth-order valence-electron chi connectivity index (χ4n) is 2.50.